The number of hydrogen-bond donors (Lipinski definition) is 2. The minimum absolute atomic E-state index is 0.162. The van der Waals surface area contributed by atoms with Crippen molar-refractivity contribution in [2.75, 3.05) is 5.32 Å². The molecule has 5 heteroatoms. The predicted molar refractivity (Wildman–Crippen MR) is 94.8 cm³/mol. The molecule has 0 bridgehead atoms. The molecular weight excluding hydrogens is 324 g/mol. The Morgan fingerprint density at radius 1 is 1.12 bits per heavy atom. The Kier molecular flexibility index (Phi) is 3.62. The van der Waals surface area contributed by atoms with Crippen LogP contribution >= 0.6 is 11.6 Å². The van der Waals surface area contributed by atoms with Crippen LogP contribution in [0.5, 0.6) is 5.75 Å². The van der Waals surface area contributed by atoms with Gasteiger partial charge in [0.15, 0.2) is 0 Å². The summed E-state index contributed by atoms with van der Waals surface area (Å²) in [4.78, 5) is 17.6. The van der Waals surface area contributed by atoms with Crippen LogP contribution in [0.15, 0.2) is 42.5 Å². The molecule has 0 radical (unpaired) electrons. The highest BCUT2D eigenvalue weighted by Gasteiger charge is 2.24. The van der Waals surface area contributed by atoms with Gasteiger partial charge in [-0.25, -0.2) is 0 Å². The fourth-order valence-electron chi connectivity index (χ4n) is 3.23. The molecule has 0 aliphatic heterocycles. The van der Waals surface area contributed by atoms with Gasteiger partial charge in [-0.2, -0.15) is 0 Å². The number of fused-ring (bicyclic) bond motifs is 2. The van der Waals surface area contributed by atoms with Crippen LogP contribution in [-0.4, -0.2) is 16.0 Å². The van der Waals surface area contributed by atoms with Gasteiger partial charge in [-0.1, -0.05) is 11.6 Å². The molecule has 1 aliphatic rings. The molecule has 1 amide bonds. The largest absolute Gasteiger partial charge is 0.508 e. The number of anilines is 1. The molecule has 1 aromatic heterocycles. The number of aryl methyl sites for hydroxylation is 1. The van der Waals surface area contributed by atoms with E-state index in [0.717, 1.165) is 41.4 Å². The van der Waals surface area contributed by atoms with E-state index in [0.29, 0.717) is 16.3 Å². The lowest BCUT2D eigenvalue weighted by Crippen LogP contribution is -2.15. The van der Waals surface area contributed by atoms with Crippen molar-refractivity contribution in [3.05, 3.63) is 64.3 Å². The lowest BCUT2D eigenvalue weighted by Gasteiger charge is -2.13. The van der Waals surface area contributed by atoms with Gasteiger partial charge in [-0.05, 0) is 67.3 Å². The number of nitrogens with zero attached hydrogens (tertiary/aromatic N) is 1. The monoisotopic (exact) mass is 338 g/mol. The number of amides is 1. The summed E-state index contributed by atoms with van der Waals surface area (Å²) in [5.41, 5.74) is 4.09. The lowest BCUT2D eigenvalue weighted by atomic mass is 10.0. The van der Waals surface area contributed by atoms with Crippen LogP contribution in [0.2, 0.25) is 5.02 Å². The standard InChI is InChI=1S/C19H15ClN2O2/c20-11-4-9-17-15(10-11)18(14-2-1-3-16(14)22-17)19(24)21-12-5-7-13(23)8-6-12/h4-10,23H,1-3H2,(H,21,24). The van der Waals surface area contributed by atoms with E-state index >= 15 is 0 Å². The number of carbonyl (C=O) groups is 1. The quantitative estimate of drug-likeness (QED) is 0.683. The van der Waals surface area contributed by atoms with Gasteiger partial charge in [0.2, 0.25) is 0 Å². The fraction of sp³-hybridized carbons (Fsp3) is 0.158. The van der Waals surface area contributed by atoms with Crippen molar-refractivity contribution in [1.82, 2.24) is 4.98 Å². The smallest absolute Gasteiger partial charge is 0.256 e. The third-order valence-electron chi connectivity index (χ3n) is 4.33. The van der Waals surface area contributed by atoms with Gasteiger partial charge in [0.05, 0.1) is 11.1 Å². The number of aromatic hydroxyl groups is 1. The van der Waals surface area contributed by atoms with E-state index in [1.54, 1.807) is 36.4 Å². The first kappa shape index (κ1) is 15.0. The number of benzene rings is 2. The molecule has 0 saturated heterocycles. The van der Waals surface area contributed by atoms with Gasteiger partial charge in [-0.3, -0.25) is 9.78 Å². The number of phenolic OH excluding ortho intramolecular Hbond substituents is 1. The summed E-state index contributed by atoms with van der Waals surface area (Å²) in [6, 6.07) is 11.9. The first-order chi connectivity index (χ1) is 11.6. The summed E-state index contributed by atoms with van der Waals surface area (Å²) in [6.45, 7) is 0. The van der Waals surface area contributed by atoms with E-state index in [1.807, 2.05) is 6.07 Å². The second-order valence-electron chi connectivity index (χ2n) is 5.93. The van der Waals surface area contributed by atoms with Crippen LogP contribution in [0.25, 0.3) is 10.9 Å². The number of phenols is 1. The number of hydrogen-bond acceptors (Lipinski definition) is 3. The molecule has 0 saturated carbocycles. The zero-order chi connectivity index (χ0) is 16.7. The van der Waals surface area contributed by atoms with Crippen molar-refractivity contribution >= 4 is 34.1 Å². The minimum atomic E-state index is -0.173. The summed E-state index contributed by atoms with van der Waals surface area (Å²) in [5.74, 6) is -0.0106. The third-order valence-corrected chi connectivity index (χ3v) is 4.56. The molecule has 0 atom stereocenters. The normalized spacial score (nSPS) is 13.0. The highest BCUT2D eigenvalue weighted by molar-refractivity contribution is 6.31. The Bertz CT molecular complexity index is 952. The Hall–Kier alpha value is -2.59. The molecule has 0 spiro atoms. The Labute approximate surface area is 144 Å². The second-order valence-corrected chi connectivity index (χ2v) is 6.36. The minimum Gasteiger partial charge on any atom is -0.508 e. The zero-order valence-electron chi connectivity index (χ0n) is 12.8. The van der Waals surface area contributed by atoms with Crippen molar-refractivity contribution in [2.45, 2.75) is 19.3 Å². The van der Waals surface area contributed by atoms with E-state index in [4.69, 9.17) is 11.6 Å². The lowest BCUT2D eigenvalue weighted by molar-refractivity contribution is 0.102. The summed E-state index contributed by atoms with van der Waals surface area (Å²) in [5, 5.41) is 13.6. The Morgan fingerprint density at radius 2 is 1.92 bits per heavy atom. The predicted octanol–water partition coefficient (Wildman–Crippen LogP) is 4.33. The average molecular weight is 339 g/mol. The van der Waals surface area contributed by atoms with Gasteiger partial charge in [0, 0.05) is 21.8 Å². The fourth-order valence-corrected chi connectivity index (χ4v) is 3.40. The summed E-state index contributed by atoms with van der Waals surface area (Å²) < 4.78 is 0. The number of pyridine rings is 1. The molecule has 0 fully saturated rings. The maximum atomic E-state index is 12.9. The van der Waals surface area contributed by atoms with Gasteiger partial charge in [-0.15, -0.1) is 0 Å². The zero-order valence-corrected chi connectivity index (χ0v) is 13.6. The molecule has 0 unspecified atom stereocenters. The highest BCUT2D eigenvalue weighted by atomic mass is 35.5. The van der Waals surface area contributed by atoms with E-state index < -0.39 is 0 Å². The summed E-state index contributed by atoms with van der Waals surface area (Å²) >= 11 is 6.14. The van der Waals surface area contributed by atoms with Crippen molar-refractivity contribution in [3.8, 4) is 5.75 Å². The van der Waals surface area contributed by atoms with Crippen LogP contribution in [0.4, 0.5) is 5.69 Å². The Balaban J connectivity index is 1.83. The maximum absolute atomic E-state index is 12.9. The second kappa shape index (κ2) is 5.80. The topological polar surface area (TPSA) is 62.2 Å². The number of carbonyl (C=O) groups excluding carboxylic acids is 1. The van der Waals surface area contributed by atoms with Gasteiger partial charge < -0.3 is 10.4 Å². The maximum Gasteiger partial charge on any atom is 0.256 e. The van der Waals surface area contributed by atoms with Crippen molar-refractivity contribution in [1.29, 1.82) is 0 Å². The number of halogens is 1. The molecule has 1 aliphatic carbocycles. The van der Waals surface area contributed by atoms with E-state index in [2.05, 4.69) is 10.3 Å². The molecule has 120 valence electrons. The van der Waals surface area contributed by atoms with Gasteiger partial charge >= 0.3 is 0 Å². The molecular formula is C19H15ClN2O2. The van der Waals surface area contributed by atoms with Gasteiger partial charge in [0.1, 0.15) is 5.75 Å². The van der Waals surface area contributed by atoms with Crippen molar-refractivity contribution < 1.29 is 9.90 Å². The van der Waals surface area contributed by atoms with Crippen LogP contribution in [-0.2, 0) is 12.8 Å². The molecule has 24 heavy (non-hydrogen) atoms. The van der Waals surface area contributed by atoms with Crippen LogP contribution < -0.4 is 5.32 Å². The van der Waals surface area contributed by atoms with E-state index in [1.165, 1.54) is 0 Å². The van der Waals surface area contributed by atoms with Crippen LogP contribution in [0, 0.1) is 0 Å². The summed E-state index contributed by atoms with van der Waals surface area (Å²) in [7, 11) is 0. The van der Waals surface area contributed by atoms with Crippen LogP contribution in [0.3, 0.4) is 0 Å². The molecule has 1 heterocycles. The number of nitrogens with one attached hydrogen (secondary N) is 1. The average Bonchev–Trinajstić information content (AvgIpc) is 3.02. The summed E-state index contributed by atoms with van der Waals surface area (Å²) in [6.07, 6.45) is 2.75. The van der Waals surface area contributed by atoms with E-state index in [9.17, 15) is 9.90 Å². The van der Waals surface area contributed by atoms with Crippen molar-refractivity contribution in [2.24, 2.45) is 0 Å². The molecule has 4 rings (SSSR count). The van der Waals surface area contributed by atoms with E-state index in [-0.39, 0.29) is 11.7 Å². The van der Waals surface area contributed by atoms with Gasteiger partial charge in [0.25, 0.3) is 5.91 Å². The first-order valence-corrected chi connectivity index (χ1v) is 8.21. The molecule has 2 aromatic carbocycles. The Morgan fingerprint density at radius 3 is 2.71 bits per heavy atom. The SMILES string of the molecule is O=C(Nc1ccc(O)cc1)c1c2c(nc3ccc(Cl)cc13)CCC2. The number of rotatable bonds is 2. The van der Waals surface area contributed by atoms with Crippen LogP contribution in [0.1, 0.15) is 28.0 Å². The van der Waals surface area contributed by atoms with Crippen molar-refractivity contribution in [3.63, 3.8) is 0 Å². The number of aromatic nitrogens is 1. The highest BCUT2D eigenvalue weighted by Crippen LogP contribution is 2.32. The third kappa shape index (κ3) is 2.59. The molecule has 3 aromatic rings. The first-order valence-electron chi connectivity index (χ1n) is 7.83. The molecule has 4 nitrogen and oxygen atoms in total. The molecule has 2 N–H and O–H groups in total.